The van der Waals surface area contributed by atoms with Crippen LogP contribution in [0, 0.1) is 0 Å². The highest BCUT2D eigenvalue weighted by atomic mass is 35.5. The van der Waals surface area contributed by atoms with E-state index in [9.17, 15) is 4.79 Å². The van der Waals surface area contributed by atoms with Crippen LogP contribution in [0.5, 0.6) is 0 Å². The van der Waals surface area contributed by atoms with Crippen molar-refractivity contribution in [3.63, 3.8) is 0 Å². The summed E-state index contributed by atoms with van der Waals surface area (Å²) in [6, 6.07) is 7.85. The highest BCUT2D eigenvalue weighted by Crippen LogP contribution is 2.13. The van der Waals surface area contributed by atoms with Crippen LogP contribution in [0.1, 0.15) is 25.0 Å². The number of hydrogen-bond acceptors (Lipinski definition) is 4. The third-order valence-corrected chi connectivity index (χ3v) is 4.29. The van der Waals surface area contributed by atoms with Crippen molar-refractivity contribution in [2.75, 3.05) is 32.7 Å². The Morgan fingerprint density at radius 3 is 2.30 bits per heavy atom. The third-order valence-electron chi connectivity index (χ3n) is 4.29. The number of piperazine rings is 1. The zero-order chi connectivity index (χ0) is 15.9. The summed E-state index contributed by atoms with van der Waals surface area (Å²) < 4.78 is 0. The molecule has 1 aliphatic heterocycles. The van der Waals surface area contributed by atoms with Crippen molar-refractivity contribution < 1.29 is 4.79 Å². The SMILES string of the molecule is CCN1CCN(Cc2ccccc2CNC(=O)C(C)N)CC1.Cl. The maximum Gasteiger partial charge on any atom is 0.236 e. The molecular weight excluding hydrogens is 312 g/mol. The van der Waals surface area contributed by atoms with Gasteiger partial charge in [0, 0.05) is 39.3 Å². The quantitative estimate of drug-likeness (QED) is 0.817. The van der Waals surface area contributed by atoms with Gasteiger partial charge in [-0.25, -0.2) is 0 Å². The monoisotopic (exact) mass is 340 g/mol. The van der Waals surface area contributed by atoms with Gasteiger partial charge in [0.15, 0.2) is 0 Å². The van der Waals surface area contributed by atoms with Crippen LogP contribution < -0.4 is 11.1 Å². The Morgan fingerprint density at radius 2 is 1.74 bits per heavy atom. The summed E-state index contributed by atoms with van der Waals surface area (Å²) in [5.74, 6) is -0.105. The first-order chi connectivity index (χ1) is 10.6. The second-order valence-corrected chi connectivity index (χ2v) is 5.99. The van der Waals surface area contributed by atoms with E-state index in [-0.39, 0.29) is 18.3 Å². The number of amides is 1. The van der Waals surface area contributed by atoms with Gasteiger partial charge in [-0.15, -0.1) is 12.4 Å². The number of nitrogens with two attached hydrogens (primary N) is 1. The van der Waals surface area contributed by atoms with E-state index >= 15 is 0 Å². The van der Waals surface area contributed by atoms with Crippen molar-refractivity contribution in [1.29, 1.82) is 0 Å². The van der Waals surface area contributed by atoms with Crippen LogP contribution in [0.4, 0.5) is 0 Å². The van der Waals surface area contributed by atoms with Crippen LogP contribution in [0.2, 0.25) is 0 Å². The van der Waals surface area contributed by atoms with E-state index in [1.807, 2.05) is 6.07 Å². The summed E-state index contributed by atoms with van der Waals surface area (Å²) in [5.41, 5.74) is 8.05. The maximum atomic E-state index is 11.6. The van der Waals surface area contributed by atoms with Crippen LogP contribution in [-0.2, 0) is 17.9 Å². The summed E-state index contributed by atoms with van der Waals surface area (Å²) >= 11 is 0. The lowest BCUT2D eigenvalue weighted by atomic mass is 10.1. The van der Waals surface area contributed by atoms with Gasteiger partial charge >= 0.3 is 0 Å². The van der Waals surface area contributed by atoms with E-state index in [1.165, 1.54) is 11.1 Å². The topological polar surface area (TPSA) is 61.6 Å². The minimum Gasteiger partial charge on any atom is -0.351 e. The van der Waals surface area contributed by atoms with E-state index in [0.29, 0.717) is 6.54 Å². The van der Waals surface area contributed by atoms with Gasteiger partial charge in [-0.2, -0.15) is 0 Å². The highest BCUT2D eigenvalue weighted by Gasteiger charge is 2.16. The lowest BCUT2D eigenvalue weighted by Gasteiger charge is -2.34. The fourth-order valence-electron chi connectivity index (χ4n) is 2.73. The number of carbonyl (C=O) groups excluding carboxylic acids is 1. The van der Waals surface area contributed by atoms with Gasteiger partial charge in [0.25, 0.3) is 0 Å². The molecular formula is C17H29ClN4O. The number of benzene rings is 1. The maximum absolute atomic E-state index is 11.6. The van der Waals surface area contributed by atoms with E-state index in [0.717, 1.165) is 39.3 Å². The highest BCUT2D eigenvalue weighted by molar-refractivity contribution is 5.85. The summed E-state index contributed by atoms with van der Waals surface area (Å²) in [7, 11) is 0. The van der Waals surface area contributed by atoms with E-state index in [1.54, 1.807) is 6.92 Å². The van der Waals surface area contributed by atoms with Gasteiger partial charge in [0.1, 0.15) is 0 Å². The van der Waals surface area contributed by atoms with E-state index in [2.05, 4.69) is 40.2 Å². The largest absolute Gasteiger partial charge is 0.351 e. The number of likely N-dealkylation sites (N-methyl/N-ethyl adjacent to an activating group) is 1. The normalized spacial score (nSPS) is 17.3. The molecule has 1 fully saturated rings. The van der Waals surface area contributed by atoms with Crippen LogP contribution in [0.25, 0.3) is 0 Å². The number of carbonyl (C=O) groups is 1. The summed E-state index contributed by atoms with van der Waals surface area (Å²) in [6.45, 7) is 11.0. The Kier molecular flexibility index (Phi) is 8.55. The van der Waals surface area contributed by atoms with Gasteiger partial charge in [-0.1, -0.05) is 31.2 Å². The molecule has 3 N–H and O–H groups in total. The van der Waals surface area contributed by atoms with Crippen molar-refractivity contribution in [1.82, 2.24) is 15.1 Å². The van der Waals surface area contributed by atoms with Crippen molar-refractivity contribution in [3.05, 3.63) is 35.4 Å². The molecule has 1 heterocycles. The molecule has 0 saturated carbocycles. The first-order valence-electron chi connectivity index (χ1n) is 8.15. The zero-order valence-corrected chi connectivity index (χ0v) is 14.9. The summed E-state index contributed by atoms with van der Waals surface area (Å²) in [4.78, 5) is 16.6. The molecule has 1 saturated heterocycles. The fraction of sp³-hybridized carbons (Fsp3) is 0.588. The number of rotatable bonds is 6. The molecule has 0 bridgehead atoms. The molecule has 0 aromatic heterocycles. The molecule has 1 unspecified atom stereocenters. The second kappa shape index (κ2) is 9.88. The van der Waals surface area contributed by atoms with E-state index in [4.69, 9.17) is 5.73 Å². The number of nitrogens with one attached hydrogen (secondary N) is 1. The molecule has 0 aliphatic carbocycles. The molecule has 2 rings (SSSR count). The van der Waals surface area contributed by atoms with Crippen molar-refractivity contribution in [2.45, 2.75) is 33.0 Å². The van der Waals surface area contributed by atoms with E-state index < -0.39 is 6.04 Å². The van der Waals surface area contributed by atoms with Crippen LogP contribution in [0.15, 0.2) is 24.3 Å². The molecule has 0 spiro atoms. The van der Waals surface area contributed by atoms with Crippen LogP contribution in [0.3, 0.4) is 0 Å². The smallest absolute Gasteiger partial charge is 0.236 e. The molecule has 6 heteroatoms. The van der Waals surface area contributed by atoms with Gasteiger partial charge in [0.2, 0.25) is 5.91 Å². The minimum atomic E-state index is -0.464. The lowest BCUT2D eigenvalue weighted by molar-refractivity contribution is -0.122. The predicted octanol–water partition coefficient (Wildman–Crippen LogP) is 1.21. The average molecular weight is 341 g/mol. The standard InChI is InChI=1S/C17H28N4O.ClH/c1-3-20-8-10-21(11-9-20)13-16-7-5-4-6-15(16)12-19-17(22)14(2)18;/h4-7,14H,3,8-13,18H2,1-2H3,(H,19,22);1H. The molecule has 0 radical (unpaired) electrons. The van der Waals surface area contributed by atoms with Crippen molar-refractivity contribution in [3.8, 4) is 0 Å². The van der Waals surface area contributed by atoms with Gasteiger partial charge in [0.05, 0.1) is 6.04 Å². The number of nitrogens with zero attached hydrogens (tertiary/aromatic N) is 2. The van der Waals surface area contributed by atoms with Crippen LogP contribution in [-0.4, -0.2) is 54.5 Å². The van der Waals surface area contributed by atoms with Gasteiger partial charge in [-0.05, 0) is 24.6 Å². The molecule has 1 amide bonds. The molecule has 5 nitrogen and oxygen atoms in total. The number of hydrogen-bond donors (Lipinski definition) is 2. The van der Waals surface area contributed by atoms with Gasteiger partial charge < -0.3 is 16.0 Å². The Hall–Kier alpha value is -1.14. The van der Waals surface area contributed by atoms with Gasteiger partial charge in [-0.3, -0.25) is 9.69 Å². The first kappa shape index (κ1) is 19.9. The van der Waals surface area contributed by atoms with Crippen LogP contribution >= 0.6 is 12.4 Å². The Bertz CT molecular complexity index is 487. The summed E-state index contributed by atoms with van der Waals surface area (Å²) in [6.07, 6.45) is 0. The Labute approximate surface area is 145 Å². The molecule has 1 aromatic rings. The number of halogens is 1. The molecule has 1 aliphatic rings. The molecule has 23 heavy (non-hydrogen) atoms. The summed E-state index contributed by atoms with van der Waals surface area (Å²) in [5, 5.41) is 2.90. The second-order valence-electron chi connectivity index (χ2n) is 5.99. The minimum absolute atomic E-state index is 0. The molecule has 130 valence electrons. The first-order valence-corrected chi connectivity index (χ1v) is 8.15. The average Bonchev–Trinajstić information content (AvgIpc) is 2.54. The molecule has 1 atom stereocenters. The lowest BCUT2D eigenvalue weighted by Crippen LogP contribution is -2.45. The predicted molar refractivity (Wildman–Crippen MR) is 96.6 cm³/mol. The fourth-order valence-corrected chi connectivity index (χ4v) is 2.73. The third kappa shape index (κ3) is 6.11. The van der Waals surface area contributed by atoms with Crippen molar-refractivity contribution >= 4 is 18.3 Å². The molecule has 1 aromatic carbocycles. The Balaban J connectivity index is 0.00000264. The zero-order valence-electron chi connectivity index (χ0n) is 14.1. The Morgan fingerprint density at radius 1 is 1.17 bits per heavy atom. The van der Waals surface area contributed by atoms with Crippen molar-refractivity contribution in [2.24, 2.45) is 5.73 Å².